The largest absolute Gasteiger partial charge is 0.340 e. The fraction of sp³-hybridized carbons (Fsp3) is 0.917. The van der Waals surface area contributed by atoms with Crippen molar-refractivity contribution in [3.63, 3.8) is 0 Å². The monoisotopic (exact) mass is 294 g/mol. The Balaban J connectivity index is 5.23. The molecule has 0 fully saturated rings. The smallest absolute Gasteiger partial charge is 0.308 e. The Morgan fingerprint density at radius 1 is 1.11 bits per heavy atom. The van der Waals surface area contributed by atoms with E-state index in [2.05, 4.69) is 19.6 Å². The normalized spacial score (nSPS) is 14.6. The van der Waals surface area contributed by atoms with Crippen molar-refractivity contribution in [3.8, 4) is 0 Å². The Bertz CT molecular complexity index is 302. The average molecular weight is 294 g/mol. The standard InChI is InChI=1S/C12H27O4PSi/c1-7-11(13)12(10-18(4,5)6)17(14,15-8-2)16-9-3/h12H,7-10H2,1-6H3. The lowest BCUT2D eigenvalue weighted by molar-refractivity contribution is -0.118. The predicted molar refractivity (Wildman–Crippen MR) is 78.1 cm³/mol. The van der Waals surface area contributed by atoms with E-state index in [1.54, 1.807) is 20.8 Å². The molecule has 4 nitrogen and oxygen atoms in total. The van der Waals surface area contributed by atoms with Gasteiger partial charge in [-0.1, -0.05) is 26.6 Å². The second kappa shape index (κ2) is 7.58. The molecular formula is C12H27O4PSi. The first-order valence-electron chi connectivity index (χ1n) is 6.61. The summed E-state index contributed by atoms with van der Waals surface area (Å²) >= 11 is 0. The molecule has 0 spiro atoms. The molecule has 0 aromatic rings. The minimum absolute atomic E-state index is 0.0114. The van der Waals surface area contributed by atoms with Gasteiger partial charge >= 0.3 is 7.60 Å². The van der Waals surface area contributed by atoms with Crippen molar-refractivity contribution in [2.45, 2.75) is 58.5 Å². The van der Waals surface area contributed by atoms with Crippen LogP contribution in [0.2, 0.25) is 25.7 Å². The van der Waals surface area contributed by atoms with Crippen LogP contribution in [-0.4, -0.2) is 32.7 Å². The number of hydrogen-bond donors (Lipinski definition) is 0. The third-order valence-corrected chi connectivity index (χ3v) is 6.97. The van der Waals surface area contributed by atoms with Gasteiger partial charge in [0.25, 0.3) is 0 Å². The van der Waals surface area contributed by atoms with E-state index in [4.69, 9.17) is 9.05 Å². The van der Waals surface area contributed by atoms with Gasteiger partial charge in [0.15, 0.2) is 0 Å². The van der Waals surface area contributed by atoms with E-state index in [1.807, 2.05) is 0 Å². The molecule has 0 aromatic carbocycles. The van der Waals surface area contributed by atoms with Gasteiger partial charge in [-0.15, -0.1) is 0 Å². The Hall–Kier alpha value is 0.0369. The van der Waals surface area contributed by atoms with Gasteiger partial charge in [0.1, 0.15) is 11.4 Å². The molecule has 0 saturated heterocycles. The van der Waals surface area contributed by atoms with E-state index in [-0.39, 0.29) is 5.78 Å². The van der Waals surface area contributed by atoms with Gasteiger partial charge in [-0.2, -0.15) is 0 Å². The highest BCUT2D eigenvalue weighted by Gasteiger charge is 2.42. The second-order valence-electron chi connectivity index (χ2n) is 5.48. The molecule has 0 aliphatic carbocycles. The van der Waals surface area contributed by atoms with Gasteiger partial charge in [-0.05, 0) is 19.9 Å². The first-order chi connectivity index (χ1) is 8.20. The summed E-state index contributed by atoms with van der Waals surface area (Å²) in [5.74, 6) is -0.0114. The number of Topliss-reactive ketones (excluding diaryl/α,β-unsaturated/α-hetero) is 1. The molecular weight excluding hydrogens is 267 g/mol. The molecule has 0 saturated carbocycles. The first-order valence-corrected chi connectivity index (χ1v) is 11.9. The highest BCUT2D eigenvalue weighted by molar-refractivity contribution is 7.56. The van der Waals surface area contributed by atoms with Gasteiger partial charge in [0, 0.05) is 14.5 Å². The van der Waals surface area contributed by atoms with Crippen LogP contribution in [0.1, 0.15) is 27.2 Å². The summed E-state index contributed by atoms with van der Waals surface area (Å²) in [5, 5.41) is 0. The summed E-state index contributed by atoms with van der Waals surface area (Å²) < 4.78 is 23.4. The van der Waals surface area contributed by atoms with Crippen LogP contribution in [0.5, 0.6) is 0 Å². The first kappa shape index (κ1) is 18.0. The Kier molecular flexibility index (Phi) is 7.60. The van der Waals surface area contributed by atoms with Crippen LogP contribution in [0.25, 0.3) is 0 Å². The van der Waals surface area contributed by atoms with Crippen LogP contribution in [-0.2, 0) is 18.4 Å². The van der Waals surface area contributed by atoms with Crippen molar-refractivity contribution in [1.82, 2.24) is 0 Å². The van der Waals surface area contributed by atoms with E-state index >= 15 is 0 Å². The number of hydrogen-bond acceptors (Lipinski definition) is 4. The molecule has 0 aliphatic rings. The third kappa shape index (κ3) is 5.78. The van der Waals surface area contributed by atoms with Crippen molar-refractivity contribution >= 4 is 21.5 Å². The summed E-state index contributed by atoms with van der Waals surface area (Å²) in [6.45, 7) is 12.4. The Morgan fingerprint density at radius 3 is 1.83 bits per heavy atom. The maximum atomic E-state index is 12.7. The van der Waals surface area contributed by atoms with E-state index in [0.717, 1.165) is 0 Å². The SMILES string of the molecule is CCOP(=O)(OCC)C(C[Si](C)(C)C)C(=O)CC. The molecule has 1 atom stereocenters. The van der Waals surface area contributed by atoms with Crippen LogP contribution in [0.3, 0.4) is 0 Å². The summed E-state index contributed by atoms with van der Waals surface area (Å²) in [7, 11) is -4.83. The van der Waals surface area contributed by atoms with Crippen molar-refractivity contribution < 1.29 is 18.4 Å². The molecule has 108 valence electrons. The lowest BCUT2D eigenvalue weighted by Gasteiger charge is -2.29. The molecule has 1 unspecified atom stereocenters. The molecule has 0 heterocycles. The van der Waals surface area contributed by atoms with Crippen LogP contribution < -0.4 is 0 Å². The van der Waals surface area contributed by atoms with Crippen molar-refractivity contribution in [2.24, 2.45) is 0 Å². The van der Waals surface area contributed by atoms with E-state index in [9.17, 15) is 9.36 Å². The number of ketones is 1. The minimum Gasteiger partial charge on any atom is -0.308 e. The quantitative estimate of drug-likeness (QED) is 0.477. The van der Waals surface area contributed by atoms with E-state index < -0.39 is 21.3 Å². The fourth-order valence-electron chi connectivity index (χ4n) is 1.79. The molecule has 0 rings (SSSR count). The highest BCUT2D eigenvalue weighted by Crippen LogP contribution is 2.56. The zero-order chi connectivity index (χ0) is 14.4. The molecule has 0 amide bonds. The molecule has 0 bridgehead atoms. The lowest BCUT2D eigenvalue weighted by Crippen LogP contribution is -2.33. The molecule has 6 heteroatoms. The number of carbonyl (C=O) groups excluding carboxylic acids is 1. The fourth-order valence-corrected chi connectivity index (χ4v) is 7.41. The highest BCUT2D eigenvalue weighted by atomic mass is 31.2. The lowest BCUT2D eigenvalue weighted by atomic mass is 10.2. The van der Waals surface area contributed by atoms with Crippen LogP contribution in [0, 0.1) is 0 Å². The van der Waals surface area contributed by atoms with Gasteiger partial charge in [0.05, 0.1) is 13.2 Å². The van der Waals surface area contributed by atoms with Gasteiger partial charge in [0.2, 0.25) is 0 Å². The summed E-state index contributed by atoms with van der Waals surface area (Å²) in [6, 6.07) is 0.650. The molecule has 18 heavy (non-hydrogen) atoms. The molecule has 0 radical (unpaired) electrons. The zero-order valence-corrected chi connectivity index (χ0v) is 14.4. The van der Waals surface area contributed by atoms with Crippen LogP contribution >= 0.6 is 7.60 Å². The maximum Gasteiger partial charge on any atom is 0.340 e. The Labute approximate surface area is 112 Å². The number of rotatable bonds is 9. The molecule has 0 aliphatic heterocycles. The minimum atomic E-state index is -3.31. The van der Waals surface area contributed by atoms with E-state index in [1.165, 1.54) is 0 Å². The topological polar surface area (TPSA) is 52.6 Å². The second-order valence-corrected chi connectivity index (χ2v) is 13.2. The van der Waals surface area contributed by atoms with Gasteiger partial charge in [-0.25, -0.2) is 0 Å². The van der Waals surface area contributed by atoms with Gasteiger partial charge in [-0.3, -0.25) is 9.36 Å². The Morgan fingerprint density at radius 2 is 1.56 bits per heavy atom. The molecule has 0 N–H and O–H groups in total. The summed E-state index contributed by atoms with van der Waals surface area (Å²) in [6.07, 6.45) is 0.374. The van der Waals surface area contributed by atoms with Crippen molar-refractivity contribution in [3.05, 3.63) is 0 Å². The third-order valence-electron chi connectivity index (χ3n) is 2.53. The van der Waals surface area contributed by atoms with Crippen molar-refractivity contribution in [1.29, 1.82) is 0 Å². The average Bonchev–Trinajstić information content (AvgIpc) is 2.24. The maximum absolute atomic E-state index is 12.7. The molecule has 0 aromatic heterocycles. The zero-order valence-electron chi connectivity index (χ0n) is 12.5. The van der Waals surface area contributed by atoms with Crippen molar-refractivity contribution in [2.75, 3.05) is 13.2 Å². The van der Waals surface area contributed by atoms with Crippen LogP contribution in [0.15, 0.2) is 0 Å². The predicted octanol–water partition coefficient (Wildman–Crippen LogP) is 3.94. The van der Waals surface area contributed by atoms with Gasteiger partial charge < -0.3 is 9.05 Å². The number of carbonyl (C=O) groups is 1. The summed E-state index contributed by atoms with van der Waals surface area (Å²) in [5.41, 5.74) is -0.589. The summed E-state index contributed by atoms with van der Waals surface area (Å²) in [4.78, 5) is 12.1. The van der Waals surface area contributed by atoms with E-state index in [0.29, 0.717) is 25.7 Å². The van der Waals surface area contributed by atoms with Crippen LogP contribution in [0.4, 0.5) is 0 Å².